The molecule has 0 spiro atoms. The molecule has 1 aliphatic heterocycles. The fourth-order valence-corrected chi connectivity index (χ4v) is 3.14. The minimum absolute atomic E-state index is 0.0596. The van der Waals surface area contributed by atoms with Gasteiger partial charge in [0.1, 0.15) is 18.1 Å². The van der Waals surface area contributed by atoms with E-state index in [1.807, 2.05) is 6.07 Å². The first-order valence-corrected chi connectivity index (χ1v) is 10.5. The van der Waals surface area contributed by atoms with Crippen molar-refractivity contribution in [3.8, 4) is 6.07 Å². The van der Waals surface area contributed by atoms with E-state index in [1.54, 1.807) is 0 Å². The van der Waals surface area contributed by atoms with Crippen molar-refractivity contribution in [2.24, 2.45) is 0 Å². The summed E-state index contributed by atoms with van der Waals surface area (Å²) in [6.07, 6.45) is 2.52. The smallest absolute Gasteiger partial charge is 0.255 e. The number of aromatic nitrogens is 2. The van der Waals surface area contributed by atoms with Gasteiger partial charge >= 0.3 is 0 Å². The number of carbonyl (C=O) groups is 1. The van der Waals surface area contributed by atoms with E-state index in [4.69, 9.17) is 10.00 Å². The van der Waals surface area contributed by atoms with E-state index in [-0.39, 0.29) is 35.3 Å². The molecule has 9 nitrogen and oxygen atoms in total. The average molecular weight is 460 g/mol. The molecule has 0 saturated carbocycles. The summed E-state index contributed by atoms with van der Waals surface area (Å²) in [5.41, 5.74) is -0.969. The van der Waals surface area contributed by atoms with Crippen LogP contribution in [0.2, 0.25) is 0 Å². The number of nitrogens with one attached hydrogen (secondary N) is 3. The van der Waals surface area contributed by atoms with Gasteiger partial charge in [-0.05, 0) is 32.8 Å². The Morgan fingerprint density at radius 1 is 1.39 bits per heavy atom. The van der Waals surface area contributed by atoms with Gasteiger partial charge in [-0.15, -0.1) is 0 Å². The van der Waals surface area contributed by atoms with E-state index in [0.29, 0.717) is 18.9 Å². The number of rotatable bonds is 8. The number of ether oxygens (including phenoxy) is 1. The summed E-state index contributed by atoms with van der Waals surface area (Å²) in [6, 6.07) is 4.32. The summed E-state index contributed by atoms with van der Waals surface area (Å²) in [4.78, 5) is 20.8. The van der Waals surface area contributed by atoms with E-state index < -0.39 is 23.5 Å². The largest absolute Gasteiger partial charge is 0.387 e. The molecule has 0 bridgehead atoms. The van der Waals surface area contributed by atoms with Crippen LogP contribution in [0.4, 0.5) is 26.1 Å². The number of halogens is 2. The highest BCUT2D eigenvalue weighted by molar-refractivity contribution is 5.99. The first kappa shape index (κ1) is 24.3. The Bertz CT molecular complexity index is 1030. The molecule has 176 valence electrons. The summed E-state index contributed by atoms with van der Waals surface area (Å²) in [7, 11) is 0. The minimum atomic E-state index is -1.66. The average Bonchev–Trinajstić information content (AvgIpc) is 2.78. The molecule has 2 aromatic rings. The first-order chi connectivity index (χ1) is 15.7. The second kappa shape index (κ2) is 10.5. The molecule has 4 N–H and O–H groups in total. The van der Waals surface area contributed by atoms with Crippen molar-refractivity contribution >= 4 is 23.2 Å². The molecule has 0 radical (unpaired) electrons. The van der Waals surface area contributed by atoms with Gasteiger partial charge in [-0.1, -0.05) is 0 Å². The Kier molecular flexibility index (Phi) is 7.73. The molecule has 2 unspecified atom stereocenters. The van der Waals surface area contributed by atoms with Crippen LogP contribution in [0.5, 0.6) is 0 Å². The standard InChI is InChI=1S/C22H26F2N6O3/c1-22(2,32)18(24)11-28-21(31)15-10-26-19(7-17(15)29-14-4-3-5-33-12-14)30-20-16(23)6-13(8-25)9-27-20/h6-7,9-10,14,18,32H,3-5,11-12H2,1-2H3,(H,28,31)(H2,26,27,29,30). The van der Waals surface area contributed by atoms with E-state index in [9.17, 15) is 18.7 Å². The van der Waals surface area contributed by atoms with Gasteiger partial charge in [-0.25, -0.2) is 18.7 Å². The molecular weight excluding hydrogens is 434 g/mol. The Hall–Kier alpha value is -3.36. The fourth-order valence-electron chi connectivity index (χ4n) is 3.14. The van der Waals surface area contributed by atoms with Gasteiger partial charge in [0.15, 0.2) is 11.6 Å². The highest BCUT2D eigenvalue weighted by Gasteiger charge is 2.27. The van der Waals surface area contributed by atoms with Crippen molar-refractivity contribution in [3.05, 3.63) is 41.5 Å². The van der Waals surface area contributed by atoms with E-state index >= 15 is 0 Å². The third-order valence-corrected chi connectivity index (χ3v) is 5.09. The molecule has 0 aromatic carbocycles. The SMILES string of the molecule is CC(C)(O)C(F)CNC(=O)c1cnc(Nc2ncc(C#N)cc2F)cc1NC1CCCOC1. The third-order valence-electron chi connectivity index (χ3n) is 5.09. The highest BCUT2D eigenvalue weighted by Crippen LogP contribution is 2.25. The van der Waals surface area contributed by atoms with Crippen molar-refractivity contribution in [1.29, 1.82) is 5.26 Å². The first-order valence-electron chi connectivity index (χ1n) is 10.5. The minimum Gasteiger partial charge on any atom is -0.387 e. The van der Waals surface area contributed by atoms with Crippen LogP contribution in [0, 0.1) is 17.1 Å². The molecule has 2 atom stereocenters. The van der Waals surface area contributed by atoms with Crippen LogP contribution in [0.25, 0.3) is 0 Å². The molecular formula is C22H26F2N6O3. The summed E-state index contributed by atoms with van der Waals surface area (Å²) in [5, 5.41) is 27.0. The van der Waals surface area contributed by atoms with Crippen LogP contribution in [-0.2, 0) is 4.74 Å². The predicted octanol–water partition coefficient (Wildman–Crippen LogP) is 2.66. The zero-order valence-electron chi connectivity index (χ0n) is 18.4. The van der Waals surface area contributed by atoms with Crippen LogP contribution in [0.1, 0.15) is 42.6 Å². The monoisotopic (exact) mass is 460 g/mol. The number of nitriles is 1. The molecule has 3 rings (SSSR count). The molecule has 3 heterocycles. The van der Waals surface area contributed by atoms with Crippen LogP contribution in [0.3, 0.4) is 0 Å². The van der Waals surface area contributed by atoms with E-state index in [0.717, 1.165) is 18.9 Å². The number of pyridine rings is 2. The van der Waals surface area contributed by atoms with Gasteiger partial charge in [0.05, 0.1) is 35.6 Å². The number of hydrogen-bond donors (Lipinski definition) is 4. The Balaban J connectivity index is 1.83. The number of nitrogens with zero attached hydrogens (tertiary/aromatic N) is 3. The molecule has 1 aliphatic rings. The van der Waals surface area contributed by atoms with Crippen LogP contribution < -0.4 is 16.0 Å². The van der Waals surface area contributed by atoms with E-state index in [1.165, 1.54) is 32.3 Å². The summed E-state index contributed by atoms with van der Waals surface area (Å²) in [5.74, 6) is -1.23. The number of amides is 1. The summed E-state index contributed by atoms with van der Waals surface area (Å²) >= 11 is 0. The predicted molar refractivity (Wildman–Crippen MR) is 117 cm³/mol. The number of carbonyl (C=O) groups excluding carboxylic acids is 1. The summed E-state index contributed by atoms with van der Waals surface area (Å²) < 4.78 is 33.8. The molecule has 0 aliphatic carbocycles. The van der Waals surface area contributed by atoms with Gasteiger partial charge in [0.2, 0.25) is 0 Å². The summed E-state index contributed by atoms with van der Waals surface area (Å²) in [6.45, 7) is 3.36. The van der Waals surface area contributed by atoms with Gasteiger partial charge in [0, 0.05) is 31.1 Å². The van der Waals surface area contributed by atoms with Gasteiger partial charge < -0.3 is 25.8 Å². The topological polar surface area (TPSA) is 132 Å². The molecule has 33 heavy (non-hydrogen) atoms. The molecule has 2 aromatic heterocycles. The second-order valence-electron chi connectivity index (χ2n) is 8.30. The van der Waals surface area contributed by atoms with Crippen molar-refractivity contribution in [3.63, 3.8) is 0 Å². The maximum atomic E-state index is 14.2. The van der Waals surface area contributed by atoms with Crippen molar-refractivity contribution < 1.29 is 23.4 Å². The zero-order valence-corrected chi connectivity index (χ0v) is 18.4. The third kappa shape index (κ3) is 6.57. The maximum Gasteiger partial charge on any atom is 0.255 e. The Labute approximate surface area is 190 Å². The Morgan fingerprint density at radius 2 is 2.18 bits per heavy atom. The molecule has 1 amide bonds. The molecule has 11 heteroatoms. The van der Waals surface area contributed by atoms with Gasteiger partial charge in [-0.2, -0.15) is 5.26 Å². The molecule has 1 saturated heterocycles. The van der Waals surface area contributed by atoms with Gasteiger partial charge in [-0.3, -0.25) is 4.79 Å². The lowest BCUT2D eigenvalue weighted by Crippen LogP contribution is -2.42. The number of alkyl halides is 1. The lowest BCUT2D eigenvalue weighted by Gasteiger charge is -2.26. The lowest BCUT2D eigenvalue weighted by atomic mass is 10.0. The Morgan fingerprint density at radius 3 is 2.82 bits per heavy atom. The number of anilines is 3. The van der Waals surface area contributed by atoms with Crippen LogP contribution >= 0.6 is 0 Å². The quantitative estimate of drug-likeness (QED) is 0.473. The van der Waals surface area contributed by atoms with Crippen molar-refractivity contribution in [2.45, 2.75) is 44.5 Å². The number of aliphatic hydroxyl groups is 1. The van der Waals surface area contributed by atoms with Crippen molar-refractivity contribution in [2.75, 3.05) is 30.4 Å². The normalized spacial score (nSPS) is 17.0. The van der Waals surface area contributed by atoms with E-state index in [2.05, 4.69) is 25.9 Å². The maximum absolute atomic E-state index is 14.2. The zero-order chi connectivity index (χ0) is 24.0. The second-order valence-corrected chi connectivity index (χ2v) is 8.30. The fraction of sp³-hybridized carbons (Fsp3) is 0.455. The van der Waals surface area contributed by atoms with Crippen molar-refractivity contribution in [1.82, 2.24) is 15.3 Å². The molecule has 1 fully saturated rings. The van der Waals surface area contributed by atoms with Gasteiger partial charge in [0.25, 0.3) is 5.91 Å². The highest BCUT2D eigenvalue weighted by atomic mass is 19.1. The lowest BCUT2D eigenvalue weighted by molar-refractivity contribution is -0.00177. The number of hydrogen-bond acceptors (Lipinski definition) is 8. The van der Waals surface area contributed by atoms with Crippen LogP contribution in [-0.4, -0.2) is 58.6 Å². The van der Waals surface area contributed by atoms with Crippen LogP contribution in [0.15, 0.2) is 24.5 Å².